The molecule has 2 aromatic heterocycles. The number of ether oxygens (including phenoxy) is 2. The van der Waals surface area contributed by atoms with Crippen LogP contribution in [0, 0.1) is 5.41 Å². The summed E-state index contributed by atoms with van der Waals surface area (Å²) in [6.07, 6.45) is -1.01. The normalized spacial score (nSPS) is 17.1. The number of hydrogen-bond acceptors (Lipinski definition) is 4. The van der Waals surface area contributed by atoms with Gasteiger partial charge >= 0.3 is 12.1 Å². The van der Waals surface area contributed by atoms with Gasteiger partial charge in [-0.15, -0.1) is 0 Å². The summed E-state index contributed by atoms with van der Waals surface area (Å²) in [7, 11) is 0. The molecule has 2 atom stereocenters. The Morgan fingerprint density at radius 1 is 1.24 bits per heavy atom. The number of hydrogen-bond donors (Lipinski definition) is 0. The predicted octanol–water partition coefficient (Wildman–Crippen LogP) is 5.89. The molecule has 0 saturated carbocycles. The molecule has 0 radical (unpaired) electrons. The second kappa shape index (κ2) is 8.24. The summed E-state index contributed by atoms with van der Waals surface area (Å²) < 4.78 is 53.9. The largest absolute Gasteiger partial charge is 0.492 e. The molecule has 0 fully saturated rings. The van der Waals surface area contributed by atoms with Crippen LogP contribution in [-0.2, 0) is 16.1 Å². The van der Waals surface area contributed by atoms with Crippen molar-refractivity contribution in [2.75, 3.05) is 13.2 Å². The van der Waals surface area contributed by atoms with Crippen molar-refractivity contribution < 1.29 is 27.4 Å². The number of carbonyl (C=O) groups excluding carboxylic acids is 1. The molecular formula is C25H25F3N2O3. The molecule has 1 aliphatic heterocycles. The number of carbonyl (C=O) groups is 1. The molecule has 1 aliphatic rings. The molecular weight excluding hydrogens is 433 g/mol. The van der Waals surface area contributed by atoms with Crippen LogP contribution >= 0.6 is 0 Å². The van der Waals surface area contributed by atoms with Gasteiger partial charge in [-0.05, 0) is 49.6 Å². The number of nitrogens with zero attached hydrogens (tertiary/aromatic N) is 2. The highest BCUT2D eigenvalue weighted by Gasteiger charge is 2.53. The van der Waals surface area contributed by atoms with Crippen LogP contribution in [0.25, 0.3) is 22.2 Å². The molecule has 33 heavy (non-hydrogen) atoms. The quantitative estimate of drug-likeness (QED) is 0.342. The van der Waals surface area contributed by atoms with Gasteiger partial charge < -0.3 is 14.0 Å². The lowest BCUT2D eigenvalue weighted by molar-refractivity contribution is -0.240. The van der Waals surface area contributed by atoms with E-state index in [0.717, 1.165) is 35.6 Å². The highest BCUT2D eigenvalue weighted by atomic mass is 19.4. The third-order valence-electron chi connectivity index (χ3n) is 6.11. The summed E-state index contributed by atoms with van der Waals surface area (Å²) in [5, 5.41) is 0.968. The van der Waals surface area contributed by atoms with Gasteiger partial charge in [0.05, 0.1) is 11.2 Å². The SMILES string of the molecule is C=C(C)C(=O)OCC(C)(COc1ccc2cc3n(c2c1)CC(C)c1ccncc1-3)C(F)(F)F. The van der Waals surface area contributed by atoms with Crippen molar-refractivity contribution in [2.24, 2.45) is 5.41 Å². The van der Waals surface area contributed by atoms with Crippen molar-refractivity contribution in [1.82, 2.24) is 9.55 Å². The standard InChI is InChI=1S/C25H25F3N2O3/c1-15(2)23(31)33-14-24(4,25(26,27)28)13-32-18-6-5-17-9-22-20-11-29-8-7-19(20)16(3)12-30(22)21(17)10-18/h5-11,16H,1,12-14H2,2-4H3. The Hall–Kier alpha value is -3.29. The second-order valence-corrected chi connectivity index (χ2v) is 8.93. The molecule has 1 aromatic carbocycles. The molecule has 4 rings (SSSR count). The first kappa shape index (κ1) is 22.9. The van der Waals surface area contributed by atoms with Gasteiger partial charge in [0, 0.05) is 41.5 Å². The summed E-state index contributed by atoms with van der Waals surface area (Å²) in [5.41, 5.74) is 1.85. The molecule has 3 aromatic rings. The van der Waals surface area contributed by atoms with Crippen LogP contribution in [0.1, 0.15) is 32.3 Å². The maximum absolute atomic E-state index is 13.8. The molecule has 0 aliphatic carbocycles. The third-order valence-corrected chi connectivity index (χ3v) is 6.11. The summed E-state index contributed by atoms with van der Waals surface area (Å²) in [6.45, 7) is 7.09. The van der Waals surface area contributed by atoms with E-state index in [1.54, 1.807) is 18.3 Å². The maximum atomic E-state index is 13.8. The lowest BCUT2D eigenvalue weighted by atomic mass is 9.92. The number of pyridine rings is 1. The van der Waals surface area contributed by atoms with Gasteiger partial charge in [0.15, 0.2) is 0 Å². The van der Waals surface area contributed by atoms with Crippen molar-refractivity contribution >= 4 is 16.9 Å². The Bertz CT molecular complexity index is 1230. The fourth-order valence-electron chi connectivity index (χ4n) is 3.96. The summed E-state index contributed by atoms with van der Waals surface area (Å²) >= 11 is 0. The highest BCUT2D eigenvalue weighted by Crippen LogP contribution is 2.41. The zero-order valence-electron chi connectivity index (χ0n) is 18.7. The molecule has 3 heterocycles. The van der Waals surface area contributed by atoms with Crippen LogP contribution in [0.2, 0.25) is 0 Å². The van der Waals surface area contributed by atoms with E-state index in [0.29, 0.717) is 5.75 Å². The van der Waals surface area contributed by atoms with Gasteiger partial charge in [0.1, 0.15) is 24.4 Å². The van der Waals surface area contributed by atoms with Crippen molar-refractivity contribution in [3.05, 3.63) is 60.4 Å². The zero-order valence-corrected chi connectivity index (χ0v) is 18.7. The number of alkyl halides is 3. The van der Waals surface area contributed by atoms with Crippen LogP contribution in [0.5, 0.6) is 5.75 Å². The van der Waals surface area contributed by atoms with Crippen molar-refractivity contribution in [1.29, 1.82) is 0 Å². The monoisotopic (exact) mass is 458 g/mol. The Morgan fingerprint density at radius 3 is 2.70 bits per heavy atom. The van der Waals surface area contributed by atoms with Crippen LogP contribution in [0.4, 0.5) is 13.2 Å². The highest BCUT2D eigenvalue weighted by molar-refractivity contribution is 5.89. The molecule has 0 N–H and O–H groups in total. The van der Waals surface area contributed by atoms with E-state index in [1.165, 1.54) is 12.5 Å². The van der Waals surface area contributed by atoms with Crippen LogP contribution in [0.15, 0.2) is 54.9 Å². The predicted molar refractivity (Wildman–Crippen MR) is 119 cm³/mol. The Balaban J connectivity index is 1.60. The van der Waals surface area contributed by atoms with E-state index in [-0.39, 0.29) is 11.5 Å². The molecule has 8 heteroatoms. The van der Waals surface area contributed by atoms with E-state index < -0.39 is 30.8 Å². The number of esters is 1. The Kier molecular flexibility index (Phi) is 5.72. The lowest BCUT2D eigenvalue weighted by Gasteiger charge is -2.31. The van der Waals surface area contributed by atoms with E-state index >= 15 is 0 Å². The minimum atomic E-state index is -4.63. The number of fused-ring (bicyclic) bond motifs is 5. The van der Waals surface area contributed by atoms with Crippen LogP contribution < -0.4 is 4.74 Å². The summed E-state index contributed by atoms with van der Waals surface area (Å²) in [5.74, 6) is -0.280. The molecule has 2 unspecified atom stereocenters. The van der Waals surface area contributed by atoms with Crippen molar-refractivity contribution in [2.45, 2.75) is 39.4 Å². The third kappa shape index (κ3) is 4.21. The number of rotatable bonds is 6. The minimum Gasteiger partial charge on any atom is -0.492 e. The average molecular weight is 458 g/mol. The maximum Gasteiger partial charge on any atom is 0.400 e. The van der Waals surface area contributed by atoms with E-state index in [1.807, 2.05) is 18.3 Å². The van der Waals surface area contributed by atoms with Crippen molar-refractivity contribution in [3.63, 3.8) is 0 Å². The van der Waals surface area contributed by atoms with E-state index in [2.05, 4.69) is 29.1 Å². The molecule has 0 spiro atoms. The molecule has 0 bridgehead atoms. The van der Waals surface area contributed by atoms with Gasteiger partial charge in [-0.2, -0.15) is 13.2 Å². The summed E-state index contributed by atoms with van der Waals surface area (Å²) in [4.78, 5) is 15.9. The average Bonchev–Trinajstić information content (AvgIpc) is 3.13. The fourth-order valence-corrected chi connectivity index (χ4v) is 3.96. The molecule has 174 valence electrons. The molecule has 0 saturated heterocycles. The van der Waals surface area contributed by atoms with E-state index in [4.69, 9.17) is 9.47 Å². The van der Waals surface area contributed by atoms with Gasteiger partial charge in [0.2, 0.25) is 0 Å². The smallest absolute Gasteiger partial charge is 0.400 e. The fraction of sp³-hybridized carbons (Fsp3) is 0.360. The zero-order chi connectivity index (χ0) is 24.0. The molecule has 0 amide bonds. The number of benzene rings is 1. The lowest BCUT2D eigenvalue weighted by Crippen LogP contribution is -2.44. The van der Waals surface area contributed by atoms with Gasteiger partial charge in [-0.3, -0.25) is 4.98 Å². The Morgan fingerprint density at radius 2 is 2.00 bits per heavy atom. The Labute approximate surface area is 189 Å². The summed E-state index contributed by atoms with van der Waals surface area (Å²) in [6, 6.07) is 9.32. The first-order valence-corrected chi connectivity index (χ1v) is 10.6. The second-order valence-electron chi connectivity index (χ2n) is 8.93. The topological polar surface area (TPSA) is 53.4 Å². The van der Waals surface area contributed by atoms with E-state index in [9.17, 15) is 18.0 Å². The number of aromatic nitrogens is 2. The first-order chi connectivity index (χ1) is 15.5. The van der Waals surface area contributed by atoms with Gasteiger partial charge in [-0.1, -0.05) is 13.5 Å². The molecule has 5 nitrogen and oxygen atoms in total. The van der Waals surface area contributed by atoms with Crippen LogP contribution in [0.3, 0.4) is 0 Å². The number of halogens is 3. The van der Waals surface area contributed by atoms with Gasteiger partial charge in [0.25, 0.3) is 0 Å². The van der Waals surface area contributed by atoms with Gasteiger partial charge in [-0.25, -0.2) is 4.79 Å². The van der Waals surface area contributed by atoms with Crippen molar-refractivity contribution in [3.8, 4) is 17.0 Å². The minimum absolute atomic E-state index is 0.0369. The first-order valence-electron chi connectivity index (χ1n) is 10.6. The van der Waals surface area contributed by atoms with Crippen LogP contribution in [-0.4, -0.2) is 34.9 Å².